The van der Waals surface area contributed by atoms with E-state index in [2.05, 4.69) is 191 Å². The summed E-state index contributed by atoms with van der Waals surface area (Å²) in [7, 11) is 0. The Kier molecular flexibility index (Phi) is 5.91. The third-order valence-electron chi connectivity index (χ3n) is 9.89. The largest absolute Gasteiger partial charge is 0.309 e. The molecule has 48 heavy (non-hydrogen) atoms. The van der Waals surface area contributed by atoms with Gasteiger partial charge in [0.2, 0.25) is 0 Å². The fourth-order valence-electron chi connectivity index (χ4n) is 7.68. The number of rotatable bonds is 4. The van der Waals surface area contributed by atoms with E-state index in [1.165, 1.54) is 82.3 Å². The molecule has 0 N–H and O–H groups in total. The van der Waals surface area contributed by atoms with Crippen LogP contribution in [-0.4, -0.2) is 9.13 Å². The van der Waals surface area contributed by atoms with Gasteiger partial charge in [-0.1, -0.05) is 140 Å². The van der Waals surface area contributed by atoms with E-state index in [1.54, 1.807) is 0 Å². The summed E-state index contributed by atoms with van der Waals surface area (Å²) in [5.74, 6) is 0. The molecule has 0 spiro atoms. The first-order chi connectivity index (χ1) is 23.8. The van der Waals surface area contributed by atoms with Gasteiger partial charge in [-0.05, 0) is 75.5 Å². The van der Waals surface area contributed by atoms with E-state index in [0.29, 0.717) is 0 Å². The maximum absolute atomic E-state index is 2.48. The average Bonchev–Trinajstić information content (AvgIpc) is 3.68. The molecule has 0 bridgehead atoms. The van der Waals surface area contributed by atoms with E-state index < -0.39 is 0 Å². The molecule has 0 aliphatic heterocycles. The summed E-state index contributed by atoms with van der Waals surface area (Å²) >= 11 is 0. The Morgan fingerprint density at radius 3 is 1.71 bits per heavy atom. The van der Waals surface area contributed by atoms with Gasteiger partial charge in [0.1, 0.15) is 0 Å². The lowest BCUT2D eigenvalue weighted by Gasteiger charge is -2.12. The monoisotopic (exact) mass is 610 g/mol. The van der Waals surface area contributed by atoms with Crippen LogP contribution in [0.15, 0.2) is 182 Å². The molecule has 10 rings (SSSR count). The van der Waals surface area contributed by atoms with Crippen molar-refractivity contribution in [1.29, 1.82) is 0 Å². The van der Waals surface area contributed by atoms with Crippen LogP contribution in [0.25, 0.3) is 88.0 Å². The van der Waals surface area contributed by atoms with Crippen molar-refractivity contribution in [1.82, 2.24) is 9.13 Å². The molecule has 0 radical (unpaired) electrons. The summed E-state index contributed by atoms with van der Waals surface area (Å²) in [6.07, 6.45) is 0. The number of aromatic nitrogens is 2. The molecular formula is C46H30N2. The summed E-state index contributed by atoms with van der Waals surface area (Å²) in [5.41, 5.74) is 12.0. The number of para-hydroxylation sites is 2. The number of benzene rings is 8. The van der Waals surface area contributed by atoms with Crippen LogP contribution in [0.4, 0.5) is 0 Å². The van der Waals surface area contributed by atoms with Crippen LogP contribution in [0.3, 0.4) is 0 Å². The van der Waals surface area contributed by atoms with E-state index >= 15 is 0 Å². The van der Waals surface area contributed by atoms with Crippen LogP contribution < -0.4 is 0 Å². The maximum atomic E-state index is 2.48. The van der Waals surface area contributed by atoms with Crippen LogP contribution >= 0.6 is 0 Å². The first-order valence-electron chi connectivity index (χ1n) is 16.5. The molecule has 0 atom stereocenters. The lowest BCUT2D eigenvalue weighted by Crippen LogP contribution is -1.96. The number of nitrogens with zero attached hydrogens (tertiary/aromatic N) is 2. The van der Waals surface area contributed by atoms with Crippen LogP contribution in [-0.2, 0) is 0 Å². The minimum Gasteiger partial charge on any atom is -0.309 e. The Morgan fingerprint density at radius 1 is 0.292 bits per heavy atom. The zero-order valence-electron chi connectivity index (χ0n) is 26.2. The predicted octanol–water partition coefficient (Wildman–Crippen LogP) is 12.4. The molecule has 2 heterocycles. The fourth-order valence-corrected chi connectivity index (χ4v) is 7.68. The highest BCUT2D eigenvalue weighted by Crippen LogP contribution is 2.42. The van der Waals surface area contributed by atoms with E-state index in [1.807, 2.05) is 0 Å². The lowest BCUT2D eigenvalue weighted by molar-refractivity contribution is 1.18. The highest BCUT2D eigenvalue weighted by Gasteiger charge is 2.21. The van der Waals surface area contributed by atoms with Crippen molar-refractivity contribution in [3.8, 4) is 33.6 Å². The third-order valence-corrected chi connectivity index (χ3v) is 9.89. The summed E-state index contributed by atoms with van der Waals surface area (Å²) in [6.45, 7) is 0. The van der Waals surface area contributed by atoms with E-state index in [4.69, 9.17) is 0 Å². The fraction of sp³-hybridized carbons (Fsp3) is 0. The highest BCUT2D eigenvalue weighted by molar-refractivity contribution is 6.26. The molecule has 0 saturated carbocycles. The molecule has 2 heteroatoms. The van der Waals surface area contributed by atoms with Gasteiger partial charge in [-0.15, -0.1) is 0 Å². The second kappa shape index (κ2) is 10.6. The molecule has 10 aromatic rings. The first-order valence-corrected chi connectivity index (χ1v) is 16.5. The van der Waals surface area contributed by atoms with Gasteiger partial charge >= 0.3 is 0 Å². The minimum atomic E-state index is 1.15. The first kappa shape index (κ1) is 26.8. The van der Waals surface area contributed by atoms with Gasteiger partial charge < -0.3 is 9.13 Å². The number of hydrogen-bond acceptors (Lipinski definition) is 0. The molecule has 0 unspecified atom stereocenters. The van der Waals surface area contributed by atoms with Gasteiger partial charge in [-0.2, -0.15) is 0 Å². The normalized spacial score (nSPS) is 11.8. The van der Waals surface area contributed by atoms with Gasteiger partial charge in [0.25, 0.3) is 0 Å². The maximum Gasteiger partial charge on any atom is 0.0641 e. The molecule has 0 saturated heterocycles. The van der Waals surface area contributed by atoms with Crippen molar-refractivity contribution >= 4 is 54.4 Å². The smallest absolute Gasteiger partial charge is 0.0641 e. The molecule has 0 aliphatic rings. The highest BCUT2D eigenvalue weighted by atomic mass is 15.0. The molecular weight excluding hydrogens is 581 g/mol. The molecule has 8 aromatic carbocycles. The Bertz CT molecular complexity index is 2820. The van der Waals surface area contributed by atoms with Crippen molar-refractivity contribution in [2.24, 2.45) is 0 Å². The molecule has 2 nitrogen and oxygen atoms in total. The summed E-state index contributed by atoms with van der Waals surface area (Å²) in [4.78, 5) is 0. The summed E-state index contributed by atoms with van der Waals surface area (Å²) < 4.78 is 4.91. The Balaban J connectivity index is 1.23. The van der Waals surface area contributed by atoms with Crippen LogP contribution in [0.5, 0.6) is 0 Å². The van der Waals surface area contributed by atoms with Crippen molar-refractivity contribution < 1.29 is 0 Å². The second-order valence-corrected chi connectivity index (χ2v) is 12.6. The van der Waals surface area contributed by atoms with Crippen molar-refractivity contribution in [2.45, 2.75) is 0 Å². The Labute approximate surface area is 278 Å². The van der Waals surface area contributed by atoms with E-state index in [0.717, 1.165) is 5.69 Å². The van der Waals surface area contributed by atoms with Gasteiger partial charge in [-0.25, -0.2) is 0 Å². The lowest BCUT2D eigenvalue weighted by atomic mass is 10.00. The summed E-state index contributed by atoms with van der Waals surface area (Å²) in [6, 6.07) is 66.2. The van der Waals surface area contributed by atoms with E-state index in [-0.39, 0.29) is 0 Å². The molecule has 0 amide bonds. The van der Waals surface area contributed by atoms with Crippen molar-refractivity contribution in [3.05, 3.63) is 182 Å². The summed E-state index contributed by atoms with van der Waals surface area (Å²) in [5, 5.41) is 7.53. The van der Waals surface area contributed by atoms with E-state index in [9.17, 15) is 0 Å². The van der Waals surface area contributed by atoms with Gasteiger partial charge in [0.05, 0.1) is 22.1 Å². The zero-order chi connectivity index (χ0) is 31.6. The van der Waals surface area contributed by atoms with Gasteiger partial charge in [0, 0.05) is 32.9 Å². The molecule has 2 aromatic heterocycles. The minimum absolute atomic E-state index is 1.15. The number of fused-ring (bicyclic) bond motifs is 8. The molecule has 0 fully saturated rings. The SMILES string of the molecule is c1ccc(-c2ccc(-c3cccc(-n4c5ccccc5c5ccc6c(c7ccccc7n6-c6ccc7ccccc7c6)c54)c3)cc2)cc1. The average molecular weight is 611 g/mol. The molecule has 224 valence electrons. The number of hydrogen-bond donors (Lipinski definition) is 0. The van der Waals surface area contributed by atoms with Crippen LogP contribution in [0.2, 0.25) is 0 Å². The van der Waals surface area contributed by atoms with Crippen LogP contribution in [0.1, 0.15) is 0 Å². The van der Waals surface area contributed by atoms with Crippen LogP contribution in [0, 0.1) is 0 Å². The predicted molar refractivity (Wildman–Crippen MR) is 203 cm³/mol. The quantitative estimate of drug-likeness (QED) is 0.188. The second-order valence-electron chi connectivity index (χ2n) is 12.6. The van der Waals surface area contributed by atoms with Crippen molar-refractivity contribution in [2.75, 3.05) is 0 Å². The topological polar surface area (TPSA) is 9.86 Å². The van der Waals surface area contributed by atoms with Crippen molar-refractivity contribution in [3.63, 3.8) is 0 Å². The standard InChI is InChI=1S/C46H30N2/c1-2-11-31(12-3-1)33-21-23-34(24-22-33)36-15-10-16-37(29-36)48-42-19-8-6-17-39(42)40-27-28-44-45(46(40)48)41-18-7-9-20-43(41)47(44)38-26-25-32-13-4-5-14-35(32)30-38/h1-30H. The van der Waals surface area contributed by atoms with Gasteiger partial charge in [0.15, 0.2) is 0 Å². The Morgan fingerprint density at radius 2 is 0.896 bits per heavy atom. The Hall–Kier alpha value is -6.38. The third kappa shape index (κ3) is 4.06. The van der Waals surface area contributed by atoms with Gasteiger partial charge in [-0.3, -0.25) is 0 Å². The zero-order valence-corrected chi connectivity index (χ0v) is 26.2. The molecule has 0 aliphatic carbocycles.